The number of nitrogens with two attached hydrogens (primary N) is 1. The minimum absolute atomic E-state index is 0.0728. The third-order valence-electron chi connectivity index (χ3n) is 6.98. The van der Waals surface area contributed by atoms with Crippen molar-refractivity contribution in [3.63, 3.8) is 0 Å². The molecule has 2 aliphatic rings. The first-order valence-electron chi connectivity index (χ1n) is 11.5. The molecule has 0 unspecified atom stereocenters. The van der Waals surface area contributed by atoms with Gasteiger partial charge >= 0.3 is 0 Å². The van der Waals surface area contributed by atoms with E-state index in [4.69, 9.17) is 17.3 Å². The molecular formula is C25H26ClFN6O. The van der Waals surface area contributed by atoms with Crippen LogP contribution in [0.25, 0.3) is 22.4 Å². The predicted octanol–water partition coefficient (Wildman–Crippen LogP) is 3.97. The fourth-order valence-corrected chi connectivity index (χ4v) is 5.14. The lowest BCUT2D eigenvalue weighted by atomic mass is 9.73. The van der Waals surface area contributed by atoms with E-state index < -0.39 is 5.82 Å². The smallest absolute Gasteiger partial charge is 0.258 e. The van der Waals surface area contributed by atoms with Crippen LogP contribution in [0.5, 0.6) is 0 Å². The van der Waals surface area contributed by atoms with Gasteiger partial charge in [-0.2, -0.15) is 0 Å². The van der Waals surface area contributed by atoms with Gasteiger partial charge in [-0.15, -0.1) is 0 Å². The Morgan fingerprint density at radius 1 is 1.18 bits per heavy atom. The van der Waals surface area contributed by atoms with Gasteiger partial charge in [0.05, 0.1) is 22.0 Å². The summed E-state index contributed by atoms with van der Waals surface area (Å²) >= 11 is 6.52. The number of amides is 1. The molecule has 3 aromatic rings. The molecule has 9 heteroatoms. The van der Waals surface area contributed by atoms with Crippen molar-refractivity contribution >= 4 is 23.3 Å². The molecule has 34 heavy (non-hydrogen) atoms. The second-order valence-corrected chi connectivity index (χ2v) is 9.49. The SMILES string of the molecule is CCc1ncnc(-c2cc(F)c(C(=O)N3CCC4(CC3)CNC4)c(Cl)c2)c1-c1ccc(N)nc1. The lowest BCUT2D eigenvalue weighted by Crippen LogP contribution is -2.58. The Hall–Kier alpha value is -3.10. The Bertz CT molecular complexity index is 1210. The molecular weight excluding hydrogens is 455 g/mol. The first-order chi connectivity index (χ1) is 16.4. The van der Waals surface area contributed by atoms with Gasteiger partial charge in [0.25, 0.3) is 5.91 Å². The van der Waals surface area contributed by atoms with Crippen molar-refractivity contribution in [2.75, 3.05) is 31.9 Å². The summed E-state index contributed by atoms with van der Waals surface area (Å²) in [6.45, 7) is 5.18. The summed E-state index contributed by atoms with van der Waals surface area (Å²) in [5.74, 6) is -0.624. The molecule has 1 aromatic carbocycles. The third kappa shape index (κ3) is 4.01. The molecule has 3 N–H and O–H groups in total. The zero-order chi connectivity index (χ0) is 23.9. The molecule has 5 rings (SSSR count). The summed E-state index contributed by atoms with van der Waals surface area (Å²) in [7, 11) is 0. The van der Waals surface area contributed by atoms with Crippen LogP contribution in [0.15, 0.2) is 36.8 Å². The highest BCUT2D eigenvalue weighted by Crippen LogP contribution is 2.38. The minimum atomic E-state index is -0.656. The van der Waals surface area contributed by atoms with Gasteiger partial charge in [-0.1, -0.05) is 18.5 Å². The summed E-state index contributed by atoms with van der Waals surface area (Å²) < 4.78 is 15.4. The molecule has 2 fully saturated rings. The number of pyridine rings is 1. The van der Waals surface area contributed by atoms with Crippen molar-refractivity contribution in [2.24, 2.45) is 5.41 Å². The number of piperidine rings is 1. The number of benzene rings is 1. The van der Waals surface area contributed by atoms with E-state index in [2.05, 4.69) is 20.3 Å². The number of nitrogens with zero attached hydrogens (tertiary/aromatic N) is 4. The predicted molar refractivity (Wildman–Crippen MR) is 130 cm³/mol. The summed E-state index contributed by atoms with van der Waals surface area (Å²) in [6.07, 6.45) is 5.58. The highest BCUT2D eigenvalue weighted by atomic mass is 35.5. The number of rotatable bonds is 4. The maximum atomic E-state index is 15.4. The second kappa shape index (κ2) is 8.92. The van der Waals surface area contributed by atoms with Crippen molar-refractivity contribution in [3.05, 3.63) is 58.9 Å². The average Bonchev–Trinajstić information content (AvgIpc) is 2.82. The molecule has 176 valence electrons. The Morgan fingerprint density at radius 3 is 2.53 bits per heavy atom. The zero-order valence-electron chi connectivity index (χ0n) is 18.9. The number of carbonyl (C=O) groups excluding carboxylic acids is 1. The van der Waals surface area contributed by atoms with E-state index in [1.807, 2.05) is 13.0 Å². The van der Waals surface area contributed by atoms with Gasteiger partial charge in [-0.05, 0) is 48.9 Å². The third-order valence-corrected chi connectivity index (χ3v) is 7.27. The fourth-order valence-electron chi connectivity index (χ4n) is 4.85. The lowest BCUT2D eigenvalue weighted by molar-refractivity contribution is 0.0411. The number of halogens is 2. The quantitative estimate of drug-likeness (QED) is 0.586. The van der Waals surface area contributed by atoms with E-state index in [9.17, 15) is 4.79 Å². The van der Waals surface area contributed by atoms with E-state index in [1.165, 1.54) is 12.4 Å². The van der Waals surface area contributed by atoms with E-state index in [0.717, 1.165) is 42.8 Å². The Labute approximate surface area is 202 Å². The molecule has 0 aliphatic carbocycles. The molecule has 0 bridgehead atoms. The fraction of sp³-hybridized carbons (Fsp3) is 0.360. The minimum Gasteiger partial charge on any atom is -0.384 e. The van der Waals surface area contributed by atoms with Crippen molar-refractivity contribution < 1.29 is 9.18 Å². The van der Waals surface area contributed by atoms with E-state index in [0.29, 0.717) is 42.0 Å². The topological polar surface area (TPSA) is 97.0 Å². The number of aromatic nitrogens is 3. The van der Waals surface area contributed by atoms with Gasteiger partial charge in [0.1, 0.15) is 18.0 Å². The molecule has 0 saturated carbocycles. The number of hydrogen-bond donors (Lipinski definition) is 2. The zero-order valence-corrected chi connectivity index (χ0v) is 19.7. The number of aryl methyl sites for hydroxylation is 1. The van der Waals surface area contributed by atoms with E-state index in [-0.39, 0.29) is 16.5 Å². The molecule has 0 atom stereocenters. The van der Waals surface area contributed by atoms with Crippen molar-refractivity contribution in [2.45, 2.75) is 26.2 Å². The summed E-state index contributed by atoms with van der Waals surface area (Å²) in [4.78, 5) is 27.9. The van der Waals surface area contributed by atoms with Crippen LogP contribution in [0.3, 0.4) is 0 Å². The largest absolute Gasteiger partial charge is 0.384 e. The number of carbonyl (C=O) groups is 1. The van der Waals surface area contributed by atoms with Gasteiger partial charge in [0.2, 0.25) is 0 Å². The molecule has 2 saturated heterocycles. The number of hydrogen-bond acceptors (Lipinski definition) is 6. The van der Waals surface area contributed by atoms with Crippen LogP contribution in [0.2, 0.25) is 5.02 Å². The Morgan fingerprint density at radius 2 is 1.94 bits per heavy atom. The van der Waals surface area contributed by atoms with Gasteiger partial charge in [-0.25, -0.2) is 19.3 Å². The lowest BCUT2D eigenvalue weighted by Gasteiger charge is -2.48. The molecule has 0 radical (unpaired) electrons. The number of nitrogens with one attached hydrogen (secondary N) is 1. The molecule has 2 aliphatic heterocycles. The van der Waals surface area contributed by atoms with E-state index >= 15 is 4.39 Å². The van der Waals surface area contributed by atoms with Crippen molar-refractivity contribution in [3.8, 4) is 22.4 Å². The first kappa shape index (κ1) is 22.7. The first-order valence-corrected chi connectivity index (χ1v) is 11.8. The maximum Gasteiger partial charge on any atom is 0.258 e. The maximum absolute atomic E-state index is 15.4. The Kier molecular flexibility index (Phi) is 5.95. The van der Waals surface area contributed by atoms with Crippen LogP contribution in [0.4, 0.5) is 10.2 Å². The number of anilines is 1. The van der Waals surface area contributed by atoms with Crippen molar-refractivity contribution in [1.29, 1.82) is 0 Å². The van der Waals surface area contributed by atoms with Gasteiger partial charge in [0, 0.05) is 49.1 Å². The second-order valence-electron chi connectivity index (χ2n) is 9.08. The van der Waals surface area contributed by atoms with Crippen LogP contribution in [-0.4, -0.2) is 51.9 Å². The molecule has 1 spiro atoms. The van der Waals surface area contributed by atoms with E-state index in [1.54, 1.807) is 23.2 Å². The standard InChI is InChI=1S/C25H26ClFN6O/c1-2-19-21(15-3-4-20(28)30-11-15)23(32-14-31-19)16-9-17(26)22(18(27)10-16)24(34)33-7-5-25(6-8-33)12-29-13-25/h3-4,9-11,14,29H,2,5-8,12-13H2,1H3,(H2,28,30). The van der Waals surface area contributed by atoms with Crippen LogP contribution >= 0.6 is 11.6 Å². The summed E-state index contributed by atoms with van der Waals surface area (Å²) in [6, 6.07) is 6.47. The van der Waals surface area contributed by atoms with Crippen LogP contribution < -0.4 is 11.1 Å². The van der Waals surface area contributed by atoms with Crippen LogP contribution in [0, 0.1) is 11.2 Å². The Balaban J connectivity index is 1.50. The number of likely N-dealkylation sites (tertiary alicyclic amines) is 1. The van der Waals surface area contributed by atoms with Crippen LogP contribution in [0.1, 0.15) is 35.8 Å². The summed E-state index contributed by atoms with van der Waals surface area (Å²) in [5.41, 5.74) is 9.25. The van der Waals surface area contributed by atoms with Gasteiger partial charge < -0.3 is 16.0 Å². The highest BCUT2D eigenvalue weighted by Gasteiger charge is 2.41. The van der Waals surface area contributed by atoms with Gasteiger partial charge in [0.15, 0.2) is 0 Å². The highest BCUT2D eigenvalue weighted by molar-refractivity contribution is 6.34. The molecule has 7 nitrogen and oxygen atoms in total. The molecule has 1 amide bonds. The molecule has 2 aromatic heterocycles. The van der Waals surface area contributed by atoms with Crippen LogP contribution in [-0.2, 0) is 6.42 Å². The number of nitrogen functional groups attached to an aromatic ring is 1. The molecule has 4 heterocycles. The normalized spacial score (nSPS) is 17.0. The monoisotopic (exact) mass is 480 g/mol. The van der Waals surface area contributed by atoms with Crippen molar-refractivity contribution in [1.82, 2.24) is 25.2 Å². The summed E-state index contributed by atoms with van der Waals surface area (Å²) in [5, 5.41) is 3.38. The average molecular weight is 481 g/mol. The van der Waals surface area contributed by atoms with Gasteiger partial charge in [-0.3, -0.25) is 4.79 Å².